The molecule has 5 heteroatoms. The highest BCUT2D eigenvalue weighted by Crippen LogP contribution is 2.29. The van der Waals surface area contributed by atoms with Crippen molar-refractivity contribution < 1.29 is 14.6 Å². The first-order chi connectivity index (χ1) is 8.69. The van der Waals surface area contributed by atoms with Crippen molar-refractivity contribution in [2.45, 2.75) is 18.8 Å². The molecule has 0 aromatic heterocycles. The van der Waals surface area contributed by atoms with E-state index in [2.05, 4.69) is 20.8 Å². The summed E-state index contributed by atoms with van der Waals surface area (Å²) in [5, 5.41) is 9.41. The van der Waals surface area contributed by atoms with Crippen molar-refractivity contribution in [2.75, 3.05) is 32.2 Å². The van der Waals surface area contributed by atoms with E-state index in [1.165, 1.54) is 0 Å². The molecule has 0 bridgehead atoms. The molecule has 18 heavy (non-hydrogen) atoms. The van der Waals surface area contributed by atoms with Gasteiger partial charge in [-0.05, 0) is 12.1 Å². The van der Waals surface area contributed by atoms with Gasteiger partial charge in [0.1, 0.15) is 12.2 Å². The van der Waals surface area contributed by atoms with Gasteiger partial charge in [-0.25, -0.2) is 0 Å². The van der Waals surface area contributed by atoms with Gasteiger partial charge in [-0.3, -0.25) is 0 Å². The van der Waals surface area contributed by atoms with Crippen molar-refractivity contribution in [3.8, 4) is 0 Å². The molecule has 0 spiro atoms. The van der Waals surface area contributed by atoms with Crippen molar-refractivity contribution in [1.29, 1.82) is 0 Å². The molecule has 1 fully saturated rings. The number of ether oxygens (including phenoxy) is 2. The summed E-state index contributed by atoms with van der Waals surface area (Å²) in [5.41, 5.74) is 1.96. The molecule has 0 saturated carbocycles. The average Bonchev–Trinajstić information content (AvgIpc) is 2.81. The maximum atomic E-state index is 9.41. The SMILES string of the molecule is COC1CN(c2cc(Br)ccc2CO)CC1OC. The lowest BCUT2D eigenvalue weighted by atomic mass is 10.1. The van der Waals surface area contributed by atoms with Crippen LogP contribution in [0.25, 0.3) is 0 Å². The van der Waals surface area contributed by atoms with E-state index in [0.29, 0.717) is 0 Å². The van der Waals surface area contributed by atoms with Crippen LogP contribution in [-0.2, 0) is 16.1 Å². The van der Waals surface area contributed by atoms with Crippen molar-refractivity contribution >= 4 is 21.6 Å². The number of benzene rings is 1. The Kier molecular flexibility index (Phi) is 4.61. The van der Waals surface area contributed by atoms with Crippen LogP contribution in [0, 0.1) is 0 Å². The van der Waals surface area contributed by atoms with Gasteiger partial charge in [0.05, 0.1) is 6.61 Å². The number of hydrogen-bond acceptors (Lipinski definition) is 4. The minimum atomic E-state index is 0.0361. The van der Waals surface area contributed by atoms with Gasteiger partial charge in [0.2, 0.25) is 0 Å². The van der Waals surface area contributed by atoms with E-state index >= 15 is 0 Å². The summed E-state index contributed by atoms with van der Waals surface area (Å²) >= 11 is 3.47. The fourth-order valence-electron chi connectivity index (χ4n) is 2.36. The van der Waals surface area contributed by atoms with Crippen LogP contribution in [0.2, 0.25) is 0 Å². The Balaban J connectivity index is 2.24. The number of rotatable bonds is 4. The zero-order valence-electron chi connectivity index (χ0n) is 10.6. The largest absolute Gasteiger partial charge is 0.392 e. The summed E-state index contributed by atoms with van der Waals surface area (Å²) in [6.07, 6.45) is 0.140. The van der Waals surface area contributed by atoms with E-state index in [4.69, 9.17) is 9.47 Å². The standard InChI is InChI=1S/C13H18BrNO3/c1-17-12-6-15(7-13(12)18-2)11-5-10(14)4-3-9(11)8-16/h3-5,12-13,16H,6-8H2,1-2H3. The molecule has 0 amide bonds. The predicted molar refractivity (Wildman–Crippen MR) is 73.9 cm³/mol. The maximum absolute atomic E-state index is 9.41. The molecule has 1 heterocycles. The second kappa shape index (κ2) is 6.02. The molecule has 0 radical (unpaired) electrons. The lowest BCUT2D eigenvalue weighted by molar-refractivity contribution is -0.00461. The molecule has 1 aromatic rings. The van der Waals surface area contributed by atoms with Gasteiger partial charge in [0.25, 0.3) is 0 Å². The normalized spacial score (nSPS) is 23.7. The molecule has 1 N–H and O–H groups in total. The summed E-state index contributed by atoms with van der Waals surface area (Å²) in [6.45, 7) is 1.59. The average molecular weight is 316 g/mol. The summed E-state index contributed by atoms with van der Waals surface area (Å²) in [5.74, 6) is 0. The molecule has 1 saturated heterocycles. The predicted octanol–water partition coefficient (Wildman–Crippen LogP) is 1.79. The lowest BCUT2D eigenvalue weighted by Crippen LogP contribution is -2.27. The number of methoxy groups -OCH3 is 2. The van der Waals surface area contributed by atoms with E-state index in [9.17, 15) is 5.11 Å². The van der Waals surface area contributed by atoms with Gasteiger partial charge in [-0.2, -0.15) is 0 Å². The molecule has 1 aliphatic heterocycles. The van der Waals surface area contributed by atoms with Crippen LogP contribution in [0.5, 0.6) is 0 Å². The summed E-state index contributed by atoms with van der Waals surface area (Å²) in [6, 6.07) is 5.89. The lowest BCUT2D eigenvalue weighted by Gasteiger charge is -2.21. The van der Waals surface area contributed by atoms with Gasteiger partial charge >= 0.3 is 0 Å². The number of nitrogens with zero attached hydrogens (tertiary/aromatic N) is 1. The topological polar surface area (TPSA) is 41.9 Å². The third-order valence-corrected chi connectivity index (χ3v) is 3.87. The minimum Gasteiger partial charge on any atom is -0.392 e. The van der Waals surface area contributed by atoms with Crippen molar-refractivity contribution in [3.05, 3.63) is 28.2 Å². The molecule has 4 nitrogen and oxygen atoms in total. The maximum Gasteiger partial charge on any atom is 0.102 e. The van der Waals surface area contributed by atoms with Crippen LogP contribution in [0.3, 0.4) is 0 Å². The van der Waals surface area contributed by atoms with E-state index in [0.717, 1.165) is 28.8 Å². The number of anilines is 1. The Bertz CT molecular complexity index is 401. The quantitative estimate of drug-likeness (QED) is 0.920. The fraction of sp³-hybridized carbons (Fsp3) is 0.538. The highest BCUT2D eigenvalue weighted by Gasteiger charge is 2.33. The van der Waals surface area contributed by atoms with Crippen molar-refractivity contribution in [2.24, 2.45) is 0 Å². The summed E-state index contributed by atoms with van der Waals surface area (Å²) in [4.78, 5) is 2.19. The Morgan fingerprint density at radius 1 is 1.28 bits per heavy atom. The van der Waals surface area contributed by atoms with Crippen molar-refractivity contribution in [1.82, 2.24) is 0 Å². The Morgan fingerprint density at radius 2 is 1.89 bits per heavy atom. The van der Waals surface area contributed by atoms with Crippen LogP contribution in [0.4, 0.5) is 5.69 Å². The Labute approximate surface area is 116 Å². The van der Waals surface area contributed by atoms with Gasteiger partial charge in [0, 0.05) is 43.0 Å². The van der Waals surface area contributed by atoms with E-state index in [1.807, 2.05) is 18.2 Å². The minimum absolute atomic E-state index is 0.0361. The zero-order valence-corrected chi connectivity index (χ0v) is 12.2. The highest BCUT2D eigenvalue weighted by molar-refractivity contribution is 9.10. The molecule has 1 aliphatic rings. The number of halogens is 1. The van der Waals surface area contributed by atoms with Crippen molar-refractivity contribution in [3.63, 3.8) is 0 Å². The Hall–Kier alpha value is -0.620. The van der Waals surface area contributed by atoms with E-state index in [1.54, 1.807) is 14.2 Å². The first kappa shape index (κ1) is 13.8. The third-order valence-electron chi connectivity index (χ3n) is 3.38. The molecule has 100 valence electrons. The summed E-state index contributed by atoms with van der Waals surface area (Å²) in [7, 11) is 3.40. The number of hydrogen-bond donors (Lipinski definition) is 1. The van der Waals surface area contributed by atoms with Crippen LogP contribution >= 0.6 is 15.9 Å². The second-order valence-electron chi connectivity index (χ2n) is 4.38. The van der Waals surface area contributed by atoms with E-state index in [-0.39, 0.29) is 18.8 Å². The zero-order chi connectivity index (χ0) is 13.1. The molecule has 2 atom stereocenters. The second-order valence-corrected chi connectivity index (χ2v) is 5.30. The molecular formula is C13H18BrNO3. The number of aliphatic hydroxyl groups is 1. The Morgan fingerprint density at radius 3 is 2.39 bits per heavy atom. The van der Waals surface area contributed by atoms with Gasteiger partial charge in [0.15, 0.2) is 0 Å². The number of aliphatic hydroxyl groups excluding tert-OH is 1. The first-order valence-electron chi connectivity index (χ1n) is 5.89. The molecule has 2 unspecified atom stereocenters. The van der Waals surface area contributed by atoms with Gasteiger partial charge in [-0.1, -0.05) is 22.0 Å². The third kappa shape index (κ3) is 2.69. The smallest absolute Gasteiger partial charge is 0.102 e. The monoisotopic (exact) mass is 315 g/mol. The first-order valence-corrected chi connectivity index (χ1v) is 6.68. The summed E-state index contributed by atoms with van der Waals surface area (Å²) < 4.78 is 11.9. The van der Waals surface area contributed by atoms with Crippen LogP contribution in [0.15, 0.2) is 22.7 Å². The molecule has 0 aliphatic carbocycles. The molecule has 2 rings (SSSR count). The molecule has 1 aromatic carbocycles. The van der Waals surface area contributed by atoms with Crippen LogP contribution in [0.1, 0.15) is 5.56 Å². The fourth-order valence-corrected chi connectivity index (χ4v) is 2.71. The van der Waals surface area contributed by atoms with Gasteiger partial charge < -0.3 is 19.5 Å². The van der Waals surface area contributed by atoms with Crippen LogP contribution in [-0.4, -0.2) is 44.6 Å². The highest BCUT2D eigenvalue weighted by atomic mass is 79.9. The van der Waals surface area contributed by atoms with E-state index < -0.39 is 0 Å². The van der Waals surface area contributed by atoms with Gasteiger partial charge in [-0.15, -0.1) is 0 Å². The molecular weight excluding hydrogens is 298 g/mol. The van der Waals surface area contributed by atoms with Crippen LogP contribution < -0.4 is 4.90 Å².